The van der Waals surface area contributed by atoms with Gasteiger partial charge in [0.25, 0.3) is 0 Å². The fourth-order valence-corrected chi connectivity index (χ4v) is 1.69. The number of hydrogen-bond donors (Lipinski definition) is 1. The molecule has 1 N–H and O–H groups in total. The summed E-state index contributed by atoms with van der Waals surface area (Å²) in [4.78, 5) is 11.5. The number of benzene rings is 1. The maximum absolute atomic E-state index is 11.5. The topological polar surface area (TPSA) is 56.8 Å². The molecule has 104 valence electrons. The Morgan fingerprint density at radius 3 is 2.79 bits per heavy atom. The third-order valence-corrected chi connectivity index (χ3v) is 2.64. The summed E-state index contributed by atoms with van der Waals surface area (Å²) < 4.78 is 16.1. The lowest BCUT2D eigenvalue weighted by atomic mass is 10.2. The lowest BCUT2D eigenvalue weighted by Gasteiger charge is -2.19. The minimum atomic E-state index is -0.122. The third kappa shape index (κ3) is 4.13. The lowest BCUT2D eigenvalue weighted by Crippen LogP contribution is -2.28. The number of fused-ring (bicyclic) bond motifs is 1. The molecule has 1 amide bonds. The number of hydrogen-bond acceptors (Lipinski definition) is 4. The second kappa shape index (κ2) is 6.43. The van der Waals surface area contributed by atoms with Crippen LogP contribution in [0.1, 0.15) is 19.4 Å². The fourth-order valence-electron chi connectivity index (χ4n) is 1.69. The molecule has 19 heavy (non-hydrogen) atoms. The average Bonchev–Trinajstić information content (AvgIpc) is 2.42. The van der Waals surface area contributed by atoms with Crippen LogP contribution in [0.2, 0.25) is 0 Å². The van der Waals surface area contributed by atoms with Gasteiger partial charge in [-0.1, -0.05) is 6.07 Å². The molecule has 1 heterocycles. The molecule has 1 aliphatic rings. The van der Waals surface area contributed by atoms with Crippen molar-refractivity contribution in [3.63, 3.8) is 0 Å². The van der Waals surface area contributed by atoms with E-state index < -0.39 is 0 Å². The van der Waals surface area contributed by atoms with Crippen molar-refractivity contribution in [1.82, 2.24) is 5.32 Å². The fraction of sp³-hybridized carbons (Fsp3) is 0.500. The van der Waals surface area contributed by atoms with Gasteiger partial charge in [-0.05, 0) is 31.5 Å². The molecule has 1 aromatic carbocycles. The van der Waals surface area contributed by atoms with E-state index in [1.807, 2.05) is 32.0 Å². The van der Waals surface area contributed by atoms with E-state index in [0.717, 1.165) is 17.1 Å². The van der Waals surface area contributed by atoms with Gasteiger partial charge in [0.1, 0.15) is 19.8 Å². The van der Waals surface area contributed by atoms with Gasteiger partial charge in [-0.25, -0.2) is 0 Å². The zero-order valence-corrected chi connectivity index (χ0v) is 11.3. The van der Waals surface area contributed by atoms with Crippen molar-refractivity contribution in [3.8, 4) is 11.5 Å². The molecule has 5 heteroatoms. The zero-order chi connectivity index (χ0) is 13.7. The van der Waals surface area contributed by atoms with Crippen LogP contribution >= 0.6 is 0 Å². The van der Waals surface area contributed by atoms with Gasteiger partial charge in [0.2, 0.25) is 5.91 Å². The summed E-state index contributed by atoms with van der Waals surface area (Å²) in [6.07, 6.45) is 0.0556. The predicted molar refractivity (Wildman–Crippen MR) is 70.4 cm³/mol. The minimum absolute atomic E-state index is 0.0556. The van der Waals surface area contributed by atoms with Gasteiger partial charge < -0.3 is 19.5 Å². The van der Waals surface area contributed by atoms with Crippen LogP contribution in [0.15, 0.2) is 18.2 Å². The van der Waals surface area contributed by atoms with Crippen molar-refractivity contribution < 1.29 is 19.0 Å². The number of carbonyl (C=O) groups is 1. The highest BCUT2D eigenvalue weighted by atomic mass is 16.6. The minimum Gasteiger partial charge on any atom is -0.486 e. The molecule has 2 rings (SSSR count). The Morgan fingerprint density at radius 1 is 1.32 bits per heavy atom. The third-order valence-electron chi connectivity index (χ3n) is 2.64. The van der Waals surface area contributed by atoms with Gasteiger partial charge in [-0.15, -0.1) is 0 Å². The quantitative estimate of drug-likeness (QED) is 0.876. The van der Waals surface area contributed by atoms with Crippen LogP contribution in [-0.4, -0.2) is 31.8 Å². The summed E-state index contributed by atoms with van der Waals surface area (Å²) in [5, 5.41) is 2.80. The van der Waals surface area contributed by atoms with E-state index >= 15 is 0 Å². The summed E-state index contributed by atoms with van der Waals surface area (Å²) >= 11 is 0. The monoisotopic (exact) mass is 265 g/mol. The van der Waals surface area contributed by atoms with Gasteiger partial charge in [0.05, 0.1) is 6.10 Å². The molecule has 0 unspecified atom stereocenters. The van der Waals surface area contributed by atoms with E-state index in [1.165, 1.54) is 0 Å². The number of amides is 1. The van der Waals surface area contributed by atoms with E-state index in [9.17, 15) is 4.79 Å². The highest BCUT2D eigenvalue weighted by Crippen LogP contribution is 2.30. The molecule has 0 aromatic heterocycles. The SMILES string of the molecule is CC(C)OCC(=O)NCc1ccc2c(c1)OCCO2. The molecule has 1 aromatic rings. The first-order chi connectivity index (χ1) is 9.15. The number of rotatable bonds is 5. The second-order valence-corrected chi connectivity index (χ2v) is 4.61. The molecule has 0 bridgehead atoms. The molecule has 0 saturated carbocycles. The van der Waals surface area contributed by atoms with E-state index in [-0.39, 0.29) is 18.6 Å². The maximum Gasteiger partial charge on any atom is 0.246 e. The molecule has 0 radical (unpaired) electrons. The molecule has 5 nitrogen and oxygen atoms in total. The van der Waals surface area contributed by atoms with E-state index in [4.69, 9.17) is 14.2 Å². The molecule has 1 aliphatic heterocycles. The van der Waals surface area contributed by atoms with Gasteiger partial charge >= 0.3 is 0 Å². The van der Waals surface area contributed by atoms with Gasteiger partial charge in [-0.3, -0.25) is 4.79 Å². The first-order valence-corrected chi connectivity index (χ1v) is 6.42. The number of ether oxygens (including phenoxy) is 3. The highest BCUT2D eigenvalue weighted by Gasteiger charge is 2.12. The summed E-state index contributed by atoms with van der Waals surface area (Å²) in [6, 6.07) is 5.66. The van der Waals surface area contributed by atoms with Crippen LogP contribution < -0.4 is 14.8 Å². The highest BCUT2D eigenvalue weighted by molar-refractivity contribution is 5.77. The second-order valence-electron chi connectivity index (χ2n) is 4.61. The molecule has 0 saturated heterocycles. The molecule has 0 spiro atoms. The summed E-state index contributed by atoms with van der Waals surface area (Å²) in [5.41, 5.74) is 0.974. The first kappa shape index (κ1) is 13.7. The summed E-state index contributed by atoms with van der Waals surface area (Å²) in [5.74, 6) is 1.37. The summed E-state index contributed by atoms with van der Waals surface area (Å²) in [6.45, 7) is 5.47. The van der Waals surface area contributed by atoms with Crippen LogP contribution in [0.5, 0.6) is 11.5 Å². The van der Waals surface area contributed by atoms with E-state index in [2.05, 4.69) is 5.32 Å². The van der Waals surface area contributed by atoms with Crippen molar-refractivity contribution >= 4 is 5.91 Å². The van der Waals surface area contributed by atoms with Crippen molar-refractivity contribution in [3.05, 3.63) is 23.8 Å². The van der Waals surface area contributed by atoms with Crippen LogP contribution in [0.3, 0.4) is 0 Å². The molecular formula is C14H19NO4. The molecule has 0 atom stereocenters. The average molecular weight is 265 g/mol. The summed E-state index contributed by atoms with van der Waals surface area (Å²) in [7, 11) is 0. The van der Waals surface area contributed by atoms with Gasteiger partial charge in [-0.2, -0.15) is 0 Å². The van der Waals surface area contributed by atoms with Crippen molar-refractivity contribution in [2.24, 2.45) is 0 Å². The number of carbonyl (C=O) groups excluding carboxylic acids is 1. The van der Waals surface area contributed by atoms with E-state index in [0.29, 0.717) is 19.8 Å². The van der Waals surface area contributed by atoms with Crippen LogP contribution in [-0.2, 0) is 16.1 Å². The van der Waals surface area contributed by atoms with Gasteiger partial charge in [0, 0.05) is 6.54 Å². The smallest absolute Gasteiger partial charge is 0.246 e. The van der Waals surface area contributed by atoms with Crippen molar-refractivity contribution in [2.75, 3.05) is 19.8 Å². The lowest BCUT2D eigenvalue weighted by molar-refractivity contribution is -0.127. The van der Waals surface area contributed by atoms with Crippen LogP contribution in [0, 0.1) is 0 Å². The number of nitrogens with one attached hydrogen (secondary N) is 1. The molecule has 0 aliphatic carbocycles. The Hall–Kier alpha value is -1.75. The molecular weight excluding hydrogens is 246 g/mol. The van der Waals surface area contributed by atoms with Crippen LogP contribution in [0.25, 0.3) is 0 Å². The first-order valence-electron chi connectivity index (χ1n) is 6.42. The Balaban J connectivity index is 1.84. The Bertz CT molecular complexity index is 445. The standard InChI is InChI=1S/C14H19NO4/c1-10(2)19-9-14(16)15-8-11-3-4-12-13(7-11)18-6-5-17-12/h3-4,7,10H,5-6,8-9H2,1-2H3,(H,15,16). The zero-order valence-electron chi connectivity index (χ0n) is 11.3. The van der Waals surface area contributed by atoms with Crippen molar-refractivity contribution in [2.45, 2.75) is 26.5 Å². The van der Waals surface area contributed by atoms with Crippen LogP contribution in [0.4, 0.5) is 0 Å². The Kier molecular flexibility index (Phi) is 4.63. The van der Waals surface area contributed by atoms with Crippen molar-refractivity contribution in [1.29, 1.82) is 0 Å². The predicted octanol–water partition coefficient (Wildman–Crippen LogP) is 1.50. The normalized spacial score (nSPS) is 13.4. The molecule has 0 fully saturated rings. The Morgan fingerprint density at radius 2 is 2.05 bits per heavy atom. The van der Waals surface area contributed by atoms with E-state index in [1.54, 1.807) is 0 Å². The Labute approximate surface area is 112 Å². The largest absolute Gasteiger partial charge is 0.486 e. The van der Waals surface area contributed by atoms with Gasteiger partial charge in [0.15, 0.2) is 11.5 Å². The maximum atomic E-state index is 11.5.